The monoisotopic (exact) mass is 345 g/mol. The van der Waals surface area contributed by atoms with Crippen LogP contribution in [0.15, 0.2) is 42.5 Å². The summed E-state index contributed by atoms with van der Waals surface area (Å²) < 4.78 is 5.57. The van der Waals surface area contributed by atoms with Gasteiger partial charge in [-0.3, -0.25) is 10.1 Å². The van der Waals surface area contributed by atoms with E-state index in [9.17, 15) is 10.1 Å². The lowest BCUT2D eigenvalue weighted by Gasteiger charge is -2.12. The Hall–Kier alpha value is -2.78. The lowest BCUT2D eigenvalue weighted by molar-refractivity contribution is -0.383. The summed E-state index contributed by atoms with van der Waals surface area (Å²) in [5.41, 5.74) is 1.19. The summed E-state index contributed by atoms with van der Waals surface area (Å²) in [5, 5.41) is 23.4. The molecule has 0 aliphatic rings. The van der Waals surface area contributed by atoms with E-state index < -0.39 is 11.0 Å². The molecule has 124 valence electrons. The largest absolute Gasteiger partial charge is 0.476 e. The maximum atomic E-state index is 11.1. The number of hydrogen-bond acceptors (Lipinski definition) is 5. The summed E-state index contributed by atoms with van der Waals surface area (Å²) in [6.45, 7) is 2.25. The average Bonchev–Trinajstić information content (AvgIpc) is 2.58. The molecule has 0 radical (unpaired) electrons. The Morgan fingerprint density at radius 1 is 1.38 bits per heavy atom. The van der Waals surface area contributed by atoms with Crippen LogP contribution in [0.4, 0.5) is 11.4 Å². The van der Waals surface area contributed by atoms with E-state index in [-0.39, 0.29) is 5.69 Å². The van der Waals surface area contributed by atoms with Gasteiger partial charge in [0.15, 0.2) is 6.10 Å². The van der Waals surface area contributed by atoms with Gasteiger partial charge in [-0.05, 0) is 36.2 Å². The summed E-state index contributed by atoms with van der Waals surface area (Å²) in [6.07, 6.45) is 0.0984. The minimum atomic E-state index is -0.495. The molecule has 2 aromatic rings. The van der Waals surface area contributed by atoms with Gasteiger partial charge in [0.05, 0.1) is 4.92 Å². The summed E-state index contributed by atoms with van der Waals surface area (Å²) in [7, 11) is 0. The van der Waals surface area contributed by atoms with Gasteiger partial charge in [0.2, 0.25) is 0 Å². The Morgan fingerprint density at radius 3 is 2.83 bits per heavy atom. The second-order valence-corrected chi connectivity index (χ2v) is 5.50. The fraction of sp³-hybridized carbons (Fsp3) is 0.235. The van der Waals surface area contributed by atoms with Gasteiger partial charge in [-0.1, -0.05) is 30.7 Å². The van der Waals surface area contributed by atoms with Gasteiger partial charge in [0, 0.05) is 17.6 Å². The minimum Gasteiger partial charge on any atom is -0.476 e. The molecule has 0 aromatic heterocycles. The Labute approximate surface area is 144 Å². The standard InChI is InChI=1S/C17H16ClN3O3/c1-2-14(10-19)24-15-5-3-4-12(8-15)11-20-16-7-6-13(18)9-17(16)21(22)23/h3-9,14,20H,2,11H2,1H3. The molecule has 1 N–H and O–H groups in total. The Kier molecular flexibility index (Phi) is 5.99. The van der Waals surface area contributed by atoms with E-state index in [1.165, 1.54) is 6.07 Å². The van der Waals surface area contributed by atoms with E-state index in [2.05, 4.69) is 11.4 Å². The molecule has 0 spiro atoms. The molecule has 0 bridgehead atoms. The van der Waals surface area contributed by atoms with Gasteiger partial charge in [-0.15, -0.1) is 0 Å². The SMILES string of the molecule is CCC(C#N)Oc1cccc(CNc2ccc(Cl)cc2[N+](=O)[O-])c1. The maximum absolute atomic E-state index is 11.1. The quantitative estimate of drug-likeness (QED) is 0.587. The molecule has 2 rings (SSSR count). The van der Waals surface area contributed by atoms with E-state index in [1.54, 1.807) is 24.3 Å². The van der Waals surface area contributed by atoms with Crippen LogP contribution in [0.1, 0.15) is 18.9 Å². The fourth-order valence-electron chi connectivity index (χ4n) is 2.10. The number of rotatable bonds is 7. The van der Waals surface area contributed by atoms with Crippen molar-refractivity contribution in [3.8, 4) is 11.8 Å². The molecule has 0 heterocycles. The second kappa shape index (κ2) is 8.18. The van der Waals surface area contributed by atoms with Crippen molar-refractivity contribution in [3.05, 3.63) is 63.2 Å². The van der Waals surface area contributed by atoms with Crippen LogP contribution in [0, 0.1) is 21.4 Å². The van der Waals surface area contributed by atoms with Gasteiger partial charge in [-0.2, -0.15) is 5.26 Å². The first-order valence-electron chi connectivity index (χ1n) is 7.36. The number of nitrogens with one attached hydrogen (secondary N) is 1. The van der Waals surface area contributed by atoms with Crippen LogP contribution in [-0.4, -0.2) is 11.0 Å². The average molecular weight is 346 g/mol. The zero-order chi connectivity index (χ0) is 17.5. The first kappa shape index (κ1) is 17.6. The van der Waals surface area contributed by atoms with E-state index in [0.29, 0.717) is 29.4 Å². The molecule has 0 amide bonds. The molecule has 2 aromatic carbocycles. The number of benzene rings is 2. The highest BCUT2D eigenvalue weighted by molar-refractivity contribution is 6.30. The number of halogens is 1. The molecule has 0 aliphatic heterocycles. The smallest absolute Gasteiger partial charge is 0.293 e. The molecule has 0 saturated heterocycles. The molecule has 7 heteroatoms. The van der Waals surface area contributed by atoms with Crippen molar-refractivity contribution in [2.75, 3.05) is 5.32 Å². The maximum Gasteiger partial charge on any atom is 0.293 e. The van der Waals surface area contributed by atoms with Crippen LogP contribution in [0.25, 0.3) is 0 Å². The number of hydrogen-bond donors (Lipinski definition) is 1. The summed E-state index contributed by atoms with van der Waals surface area (Å²) >= 11 is 5.80. The molecule has 1 atom stereocenters. The predicted molar refractivity (Wildman–Crippen MR) is 92.2 cm³/mol. The van der Waals surface area contributed by atoms with E-state index in [4.69, 9.17) is 21.6 Å². The van der Waals surface area contributed by atoms with E-state index in [0.717, 1.165) is 5.56 Å². The number of nitriles is 1. The van der Waals surface area contributed by atoms with Crippen LogP contribution in [0.3, 0.4) is 0 Å². The van der Waals surface area contributed by atoms with Crippen LogP contribution >= 0.6 is 11.6 Å². The normalized spacial score (nSPS) is 11.4. The first-order chi connectivity index (χ1) is 11.5. The van der Waals surface area contributed by atoms with Gasteiger partial charge < -0.3 is 10.1 Å². The third kappa shape index (κ3) is 4.61. The highest BCUT2D eigenvalue weighted by Gasteiger charge is 2.14. The lowest BCUT2D eigenvalue weighted by atomic mass is 10.2. The molecular weight excluding hydrogens is 330 g/mol. The van der Waals surface area contributed by atoms with Crippen LogP contribution in [0.2, 0.25) is 5.02 Å². The lowest BCUT2D eigenvalue weighted by Crippen LogP contribution is -2.12. The number of nitro benzene ring substituents is 1. The van der Waals surface area contributed by atoms with Crippen molar-refractivity contribution in [2.45, 2.75) is 26.0 Å². The number of nitro groups is 1. The molecule has 0 aliphatic carbocycles. The Morgan fingerprint density at radius 2 is 2.17 bits per heavy atom. The minimum absolute atomic E-state index is 0.0783. The topological polar surface area (TPSA) is 88.2 Å². The molecule has 1 unspecified atom stereocenters. The van der Waals surface area contributed by atoms with Gasteiger partial charge >= 0.3 is 0 Å². The number of ether oxygens (including phenoxy) is 1. The van der Waals surface area contributed by atoms with Crippen molar-refractivity contribution in [1.29, 1.82) is 5.26 Å². The third-order valence-corrected chi connectivity index (χ3v) is 3.57. The fourth-order valence-corrected chi connectivity index (χ4v) is 2.26. The Balaban J connectivity index is 2.10. The molecular formula is C17H16ClN3O3. The highest BCUT2D eigenvalue weighted by Crippen LogP contribution is 2.28. The zero-order valence-corrected chi connectivity index (χ0v) is 13.8. The molecule has 6 nitrogen and oxygen atoms in total. The van der Waals surface area contributed by atoms with E-state index >= 15 is 0 Å². The van der Waals surface area contributed by atoms with Crippen molar-refractivity contribution in [2.24, 2.45) is 0 Å². The van der Waals surface area contributed by atoms with Crippen molar-refractivity contribution in [3.63, 3.8) is 0 Å². The zero-order valence-electron chi connectivity index (χ0n) is 13.0. The number of anilines is 1. The summed E-state index contributed by atoms with van der Waals surface area (Å²) in [5.74, 6) is 0.591. The Bertz CT molecular complexity index is 774. The number of nitrogens with zero attached hydrogens (tertiary/aromatic N) is 2. The molecule has 0 saturated carbocycles. The van der Waals surface area contributed by atoms with Crippen molar-refractivity contribution < 1.29 is 9.66 Å². The van der Waals surface area contributed by atoms with Crippen LogP contribution in [-0.2, 0) is 6.54 Å². The van der Waals surface area contributed by atoms with Gasteiger partial charge in [0.1, 0.15) is 17.5 Å². The highest BCUT2D eigenvalue weighted by atomic mass is 35.5. The third-order valence-electron chi connectivity index (χ3n) is 3.33. The van der Waals surface area contributed by atoms with E-state index in [1.807, 2.05) is 19.1 Å². The second-order valence-electron chi connectivity index (χ2n) is 5.06. The van der Waals surface area contributed by atoms with Gasteiger partial charge in [0.25, 0.3) is 5.69 Å². The molecule has 0 fully saturated rings. The summed E-state index contributed by atoms with van der Waals surface area (Å²) in [6, 6.07) is 13.8. The van der Waals surface area contributed by atoms with Crippen molar-refractivity contribution in [1.82, 2.24) is 0 Å². The first-order valence-corrected chi connectivity index (χ1v) is 7.74. The van der Waals surface area contributed by atoms with Gasteiger partial charge in [-0.25, -0.2) is 0 Å². The predicted octanol–water partition coefficient (Wildman–Crippen LogP) is 4.54. The van der Waals surface area contributed by atoms with Crippen LogP contribution in [0.5, 0.6) is 5.75 Å². The van der Waals surface area contributed by atoms with Crippen molar-refractivity contribution >= 4 is 23.0 Å². The summed E-state index contributed by atoms with van der Waals surface area (Å²) in [4.78, 5) is 10.6. The van der Waals surface area contributed by atoms with Crippen LogP contribution < -0.4 is 10.1 Å². The molecule has 24 heavy (non-hydrogen) atoms.